The Kier molecular flexibility index (Phi) is 9.36. The van der Waals surface area contributed by atoms with Gasteiger partial charge in [0, 0.05) is 23.1 Å². The molecule has 1 saturated heterocycles. The molecule has 2 aliphatic heterocycles. The molecule has 3 N–H and O–H groups in total. The number of hydrogen-bond acceptors (Lipinski definition) is 12. The molecule has 2 unspecified atom stereocenters. The van der Waals surface area contributed by atoms with Crippen molar-refractivity contribution in [2.24, 2.45) is 10.1 Å². The van der Waals surface area contributed by atoms with Gasteiger partial charge in [0.2, 0.25) is 0 Å². The van der Waals surface area contributed by atoms with Gasteiger partial charge in [-0.1, -0.05) is 16.4 Å². The van der Waals surface area contributed by atoms with Gasteiger partial charge in [0.25, 0.3) is 5.91 Å². The topological polar surface area (TPSA) is 180 Å². The number of nitrogen functional groups attached to an aromatic ring is 1. The number of halogens is 1. The van der Waals surface area contributed by atoms with Crippen molar-refractivity contribution in [3.05, 3.63) is 44.8 Å². The van der Waals surface area contributed by atoms with Gasteiger partial charge in [-0.25, -0.2) is 9.78 Å². The van der Waals surface area contributed by atoms with Crippen LogP contribution in [0.25, 0.3) is 6.08 Å². The number of rotatable bonds is 8. The molecule has 2 aromatic rings. The third-order valence-corrected chi connectivity index (χ3v) is 8.27. The number of amides is 1. The normalized spacial score (nSPS) is 22.4. The van der Waals surface area contributed by atoms with Crippen LogP contribution < -0.4 is 40.4 Å². The smallest absolute Gasteiger partial charge is 0.857 e. The van der Waals surface area contributed by atoms with Crippen LogP contribution in [0.5, 0.6) is 0 Å². The fourth-order valence-electron chi connectivity index (χ4n) is 4.16. The Morgan fingerprint density at radius 2 is 2.13 bits per heavy atom. The number of nitrogens with two attached hydrogens (primary N) is 1. The van der Waals surface area contributed by atoms with E-state index in [0.717, 1.165) is 41.9 Å². The molecular formula is C22H20BrN6NaO6S2. The predicted molar refractivity (Wildman–Crippen MR) is 139 cm³/mol. The van der Waals surface area contributed by atoms with E-state index in [1.54, 1.807) is 23.6 Å². The molecule has 1 saturated carbocycles. The third-order valence-electron chi connectivity index (χ3n) is 5.94. The maximum Gasteiger partial charge on any atom is 1.00 e. The number of hydrogen-bond donors (Lipinski definition) is 2. The standard InChI is InChI=1S/C22H21BrN6O6S2.Na/c23-14-7-12(35-27-14)6-5-10-8-36-20-16(19(31)29(20)17(10)21(32)33)26-18(30)15(13-9-37-22(24)25-13)28-34-11-3-1-2-4-11;/h5-7,9,11,16,20H,1-4,8H2,(H2,24,25)(H,26,30)(H,32,33);/q;+1/p-1/b6-5+,28-15-;. The van der Waals surface area contributed by atoms with Crippen molar-refractivity contribution < 1.29 is 58.7 Å². The Morgan fingerprint density at radius 3 is 2.76 bits per heavy atom. The first-order chi connectivity index (χ1) is 17.8. The second kappa shape index (κ2) is 12.3. The summed E-state index contributed by atoms with van der Waals surface area (Å²) in [6.07, 6.45) is 6.77. The molecule has 1 aliphatic carbocycles. The van der Waals surface area contributed by atoms with Gasteiger partial charge >= 0.3 is 35.5 Å². The van der Waals surface area contributed by atoms with Crippen LogP contribution >= 0.6 is 39.0 Å². The number of β-lactam (4-membered cyclic amide) rings is 1. The molecule has 0 bridgehead atoms. The summed E-state index contributed by atoms with van der Waals surface area (Å²) < 4.78 is 5.58. The summed E-state index contributed by atoms with van der Waals surface area (Å²) in [4.78, 5) is 40.0. The number of carboxylic acids is 1. The van der Waals surface area contributed by atoms with Crippen molar-refractivity contribution in [1.82, 2.24) is 15.0 Å². The second-order valence-corrected chi connectivity index (χ2v) is 11.2. The average Bonchev–Trinajstić information content (AvgIpc) is 3.64. The van der Waals surface area contributed by atoms with Gasteiger partial charge in [0.05, 0.1) is 0 Å². The van der Waals surface area contributed by atoms with Crippen LogP contribution in [0.3, 0.4) is 0 Å². The largest absolute Gasteiger partial charge is 1.00 e. The number of carboxylic acid groups (broad SMARTS) is 1. The third kappa shape index (κ3) is 6.02. The molecule has 0 spiro atoms. The van der Waals surface area contributed by atoms with Crippen molar-refractivity contribution in [2.75, 3.05) is 11.5 Å². The fraction of sp³-hybridized carbons (Fsp3) is 0.364. The summed E-state index contributed by atoms with van der Waals surface area (Å²) in [5, 5.41) is 31.9. The van der Waals surface area contributed by atoms with Crippen LogP contribution in [-0.4, -0.2) is 66.9 Å². The van der Waals surface area contributed by atoms with Gasteiger partial charge in [-0.05, 0) is 53.3 Å². The minimum Gasteiger partial charge on any atom is -0.857 e. The number of nitrogens with zero attached hydrogens (tertiary/aromatic N) is 5. The summed E-state index contributed by atoms with van der Waals surface area (Å²) in [7, 11) is 0. The number of allylic oxidation sites excluding steroid dienone is 1. The van der Waals surface area contributed by atoms with Crippen LogP contribution in [0.1, 0.15) is 37.1 Å². The molecular weight excluding hydrogens is 611 g/mol. The Bertz CT molecular complexity index is 1350. The van der Waals surface area contributed by atoms with E-state index < -0.39 is 29.2 Å². The molecule has 5 rings (SSSR count). The number of aliphatic imine (C=N–C) groups is 1. The van der Waals surface area contributed by atoms with Crippen molar-refractivity contribution in [2.45, 2.75) is 43.2 Å². The summed E-state index contributed by atoms with van der Waals surface area (Å²) >= 11 is 5.63. The first kappa shape index (κ1) is 28.8. The number of anilines is 1. The molecule has 2 atom stereocenters. The van der Waals surface area contributed by atoms with Crippen LogP contribution in [0.2, 0.25) is 0 Å². The van der Waals surface area contributed by atoms with Gasteiger partial charge in [0.15, 0.2) is 16.9 Å². The number of oxime groups is 1. The molecule has 1 amide bonds. The van der Waals surface area contributed by atoms with E-state index in [-0.39, 0.29) is 63.6 Å². The Morgan fingerprint density at radius 1 is 1.37 bits per heavy atom. The van der Waals surface area contributed by atoms with Crippen LogP contribution in [0.15, 0.2) is 48.1 Å². The first-order valence-electron chi connectivity index (χ1n) is 11.2. The number of carbonyl (C=O) groups excluding carboxylic acids is 1. The van der Waals surface area contributed by atoms with Crippen LogP contribution in [0, 0.1) is 0 Å². The van der Waals surface area contributed by atoms with Crippen LogP contribution in [0.4, 0.5) is 5.13 Å². The SMILES string of the molecule is Nc1nc(/C(=N/OC2CCCC2)C([O-])=NC2C(=O)N3C(C(=O)O)=C(/C=C/c4cc(Br)no4)CSC23)cs1.[Na+]. The van der Waals surface area contributed by atoms with E-state index >= 15 is 0 Å². The predicted octanol–water partition coefficient (Wildman–Crippen LogP) is -0.762. The number of fused-ring (bicyclic) bond motifs is 1. The molecule has 2 aromatic heterocycles. The first-order valence-corrected chi connectivity index (χ1v) is 14.0. The van der Waals surface area contributed by atoms with E-state index in [0.29, 0.717) is 15.9 Å². The molecule has 2 fully saturated rings. The summed E-state index contributed by atoms with van der Waals surface area (Å²) in [6.45, 7) is 0. The van der Waals surface area contributed by atoms with E-state index in [1.807, 2.05) is 0 Å². The zero-order valence-electron chi connectivity index (χ0n) is 20.1. The summed E-state index contributed by atoms with van der Waals surface area (Å²) in [5.74, 6) is -1.92. The van der Waals surface area contributed by atoms with Gasteiger partial charge in [-0.2, -0.15) is 0 Å². The Labute approximate surface area is 255 Å². The van der Waals surface area contributed by atoms with E-state index in [9.17, 15) is 19.8 Å². The van der Waals surface area contributed by atoms with Crippen LogP contribution in [-0.2, 0) is 14.4 Å². The molecule has 16 heteroatoms. The molecule has 4 heterocycles. The zero-order valence-corrected chi connectivity index (χ0v) is 25.3. The van der Waals surface area contributed by atoms with Gasteiger partial charge < -0.3 is 25.3 Å². The Hall–Kier alpha value is -2.17. The Balaban J connectivity index is 0.00000336. The van der Waals surface area contributed by atoms with Gasteiger partial charge in [-0.3, -0.25) is 14.7 Å². The maximum absolute atomic E-state index is 13.1. The van der Waals surface area contributed by atoms with Crippen molar-refractivity contribution >= 4 is 73.7 Å². The minimum absolute atomic E-state index is 0. The molecule has 0 radical (unpaired) electrons. The molecule has 194 valence electrons. The van der Waals surface area contributed by atoms with Gasteiger partial charge in [-0.15, -0.1) is 23.1 Å². The van der Waals surface area contributed by atoms with Gasteiger partial charge in [0.1, 0.15) is 33.2 Å². The number of aliphatic carboxylic acids is 1. The average molecular weight is 631 g/mol. The molecule has 3 aliphatic rings. The second-order valence-electron chi connectivity index (χ2n) is 8.38. The van der Waals surface area contributed by atoms with E-state index in [1.165, 1.54) is 11.8 Å². The van der Waals surface area contributed by atoms with E-state index in [4.69, 9.17) is 15.1 Å². The molecule has 12 nitrogen and oxygen atoms in total. The number of thioether (sulfide) groups is 1. The number of thiazole rings is 1. The minimum atomic E-state index is -1.26. The fourth-order valence-corrected chi connectivity index (χ4v) is 6.31. The van der Waals surface area contributed by atoms with E-state index in [2.05, 4.69) is 36.2 Å². The quantitative estimate of drug-likeness (QED) is 0.124. The monoisotopic (exact) mass is 630 g/mol. The van der Waals surface area contributed by atoms with Crippen molar-refractivity contribution in [3.8, 4) is 0 Å². The summed E-state index contributed by atoms with van der Waals surface area (Å²) in [5.41, 5.74) is 6.07. The van der Waals surface area contributed by atoms with Crippen molar-refractivity contribution in [1.29, 1.82) is 0 Å². The molecule has 0 aromatic carbocycles. The number of carbonyl (C=O) groups is 2. The molecule has 38 heavy (non-hydrogen) atoms. The zero-order chi connectivity index (χ0) is 26.1. The van der Waals surface area contributed by atoms with Crippen molar-refractivity contribution in [3.63, 3.8) is 0 Å². The summed E-state index contributed by atoms with van der Waals surface area (Å²) in [6, 6.07) is 0.562. The maximum atomic E-state index is 13.1. The number of aromatic nitrogens is 2.